The lowest BCUT2D eigenvalue weighted by Gasteiger charge is -2.03. The second kappa shape index (κ2) is 5.51. The topological polar surface area (TPSA) is 23.8 Å². The third-order valence-corrected chi connectivity index (χ3v) is 3.41. The highest BCUT2D eigenvalue weighted by molar-refractivity contribution is 7.98. The summed E-state index contributed by atoms with van der Waals surface area (Å²) in [4.78, 5) is 0.999. The molecule has 0 N–H and O–H groups in total. The van der Waals surface area contributed by atoms with Gasteiger partial charge in [0.15, 0.2) is 0 Å². The summed E-state index contributed by atoms with van der Waals surface area (Å²) in [6, 6.07) is 16.1. The van der Waals surface area contributed by atoms with E-state index in [1.807, 2.05) is 18.2 Å². The number of thioether (sulfide) groups is 1. The Hall–Kier alpha value is -1.79. The van der Waals surface area contributed by atoms with E-state index in [0.717, 1.165) is 16.2 Å². The van der Waals surface area contributed by atoms with Crippen molar-refractivity contribution in [2.45, 2.75) is 10.6 Å². The lowest BCUT2D eigenvalue weighted by Crippen LogP contribution is -1.86. The third-order valence-electron chi connectivity index (χ3n) is 2.35. The molecule has 0 aliphatic carbocycles. The van der Waals surface area contributed by atoms with E-state index in [0.29, 0.717) is 5.56 Å². The van der Waals surface area contributed by atoms with Crippen molar-refractivity contribution in [1.29, 1.82) is 5.26 Å². The maximum Gasteiger partial charge on any atom is 0.123 e. The summed E-state index contributed by atoms with van der Waals surface area (Å²) in [7, 11) is 0. The van der Waals surface area contributed by atoms with Crippen molar-refractivity contribution in [2.24, 2.45) is 0 Å². The molecule has 0 saturated carbocycles. The van der Waals surface area contributed by atoms with Crippen molar-refractivity contribution in [3.05, 3.63) is 65.5 Å². The van der Waals surface area contributed by atoms with Gasteiger partial charge in [0.25, 0.3) is 0 Å². The monoisotopic (exact) mass is 243 g/mol. The molecule has 17 heavy (non-hydrogen) atoms. The SMILES string of the molecule is N#Cc1ccccc1CSc1ccc(F)cc1. The van der Waals surface area contributed by atoms with Crippen LogP contribution < -0.4 is 0 Å². The highest BCUT2D eigenvalue weighted by Gasteiger charge is 2.01. The van der Waals surface area contributed by atoms with Gasteiger partial charge in [0.2, 0.25) is 0 Å². The number of halogens is 1. The Labute approximate surface area is 104 Å². The van der Waals surface area contributed by atoms with Gasteiger partial charge in [0.05, 0.1) is 11.6 Å². The van der Waals surface area contributed by atoms with Gasteiger partial charge >= 0.3 is 0 Å². The van der Waals surface area contributed by atoms with E-state index >= 15 is 0 Å². The number of nitrogens with zero attached hydrogens (tertiary/aromatic N) is 1. The predicted molar refractivity (Wildman–Crippen MR) is 67.1 cm³/mol. The van der Waals surface area contributed by atoms with Crippen LogP contribution in [-0.4, -0.2) is 0 Å². The Balaban J connectivity index is 2.08. The quantitative estimate of drug-likeness (QED) is 0.761. The molecule has 0 atom stereocenters. The Bertz CT molecular complexity index is 543. The van der Waals surface area contributed by atoms with Gasteiger partial charge < -0.3 is 0 Å². The first kappa shape index (κ1) is 11.7. The molecule has 0 aromatic heterocycles. The van der Waals surface area contributed by atoms with Crippen molar-refractivity contribution in [1.82, 2.24) is 0 Å². The predicted octanol–water partition coefficient (Wildman–Crippen LogP) is 3.99. The van der Waals surface area contributed by atoms with Gasteiger partial charge in [-0.2, -0.15) is 5.26 Å². The van der Waals surface area contributed by atoms with E-state index in [1.165, 1.54) is 12.1 Å². The first-order valence-corrected chi connectivity index (χ1v) is 6.14. The van der Waals surface area contributed by atoms with Gasteiger partial charge in [0, 0.05) is 10.6 Å². The smallest absolute Gasteiger partial charge is 0.123 e. The van der Waals surface area contributed by atoms with Crippen LogP contribution in [0.25, 0.3) is 0 Å². The highest BCUT2D eigenvalue weighted by Crippen LogP contribution is 2.24. The largest absolute Gasteiger partial charge is 0.207 e. The lowest BCUT2D eigenvalue weighted by molar-refractivity contribution is 0.626. The second-order valence-corrected chi connectivity index (χ2v) is 4.56. The molecule has 0 spiro atoms. The van der Waals surface area contributed by atoms with E-state index in [1.54, 1.807) is 30.0 Å². The van der Waals surface area contributed by atoms with Crippen LogP contribution in [0.3, 0.4) is 0 Å². The van der Waals surface area contributed by atoms with Gasteiger partial charge in [-0.05, 0) is 35.9 Å². The Kier molecular flexibility index (Phi) is 3.79. The molecule has 0 bridgehead atoms. The molecule has 0 amide bonds. The van der Waals surface area contributed by atoms with Crippen LogP contribution in [0.1, 0.15) is 11.1 Å². The van der Waals surface area contributed by atoms with Crippen molar-refractivity contribution in [3.63, 3.8) is 0 Å². The molecule has 0 unspecified atom stereocenters. The molecule has 0 radical (unpaired) electrons. The summed E-state index contributed by atoms with van der Waals surface area (Å²) < 4.78 is 12.7. The molecule has 2 aromatic carbocycles. The van der Waals surface area contributed by atoms with Crippen LogP contribution in [0.15, 0.2) is 53.4 Å². The number of hydrogen-bond donors (Lipinski definition) is 0. The van der Waals surface area contributed by atoms with Crippen LogP contribution >= 0.6 is 11.8 Å². The van der Waals surface area contributed by atoms with Gasteiger partial charge in [-0.1, -0.05) is 18.2 Å². The van der Waals surface area contributed by atoms with Crippen molar-refractivity contribution < 1.29 is 4.39 Å². The van der Waals surface area contributed by atoms with Crippen LogP contribution in [0.5, 0.6) is 0 Å². The number of rotatable bonds is 3. The highest BCUT2D eigenvalue weighted by atomic mass is 32.2. The summed E-state index contributed by atoms with van der Waals surface area (Å²) >= 11 is 1.59. The molecule has 0 aliphatic heterocycles. The fourth-order valence-electron chi connectivity index (χ4n) is 1.45. The summed E-state index contributed by atoms with van der Waals surface area (Å²) in [6.45, 7) is 0. The van der Waals surface area contributed by atoms with E-state index in [9.17, 15) is 4.39 Å². The number of benzene rings is 2. The van der Waals surface area contributed by atoms with E-state index in [2.05, 4.69) is 6.07 Å². The standard InChI is InChI=1S/C14H10FNS/c15-13-5-7-14(8-6-13)17-10-12-4-2-1-3-11(12)9-16/h1-8H,10H2. The van der Waals surface area contributed by atoms with Crippen LogP contribution in [0, 0.1) is 17.1 Å². The first-order chi connectivity index (χ1) is 8.29. The minimum Gasteiger partial charge on any atom is -0.207 e. The molecule has 0 aliphatic rings. The fraction of sp³-hybridized carbons (Fsp3) is 0.0714. The Morgan fingerprint density at radius 2 is 1.76 bits per heavy atom. The van der Waals surface area contributed by atoms with E-state index < -0.39 is 0 Å². The fourth-order valence-corrected chi connectivity index (χ4v) is 2.35. The van der Waals surface area contributed by atoms with Crippen molar-refractivity contribution in [2.75, 3.05) is 0 Å². The van der Waals surface area contributed by atoms with Gasteiger partial charge in [-0.15, -0.1) is 11.8 Å². The van der Waals surface area contributed by atoms with E-state index in [-0.39, 0.29) is 5.82 Å². The normalized spacial score (nSPS) is 9.88. The maximum atomic E-state index is 12.7. The van der Waals surface area contributed by atoms with Gasteiger partial charge in [-0.25, -0.2) is 4.39 Å². The molecule has 2 aromatic rings. The number of nitriles is 1. The van der Waals surface area contributed by atoms with Crippen LogP contribution in [0.2, 0.25) is 0 Å². The summed E-state index contributed by atoms with van der Waals surface area (Å²) in [5.41, 5.74) is 1.70. The lowest BCUT2D eigenvalue weighted by atomic mass is 10.1. The maximum absolute atomic E-state index is 12.7. The van der Waals surface area contributed by atoms with Crippen LogP contribution in [-0.2, 0) is 5.75 Å². The molecule has 0 saturated heterocycles. The van der Waals surface area contributed by atoms with E-state index in [4.69, 9.17) is 5.26 Å². The molecule has 84 valence electrons. The minimum atomic E-state index is -0.230. The average molecular weight is 243 g/mol. The average Bonchev–Trinajstić information content (AvgIpc) is 2.38. The molecule has 0 fully saturated rings. The molecular formula is C14H10FNS. The molecular weight excluding hydrogens is 233 g/mol. The molecule has 2 rings (SSSR count). The van der Waals surface area contributed by atoms with Crippen LogP contribution in [0.4, 0.5) is 4.39 Å². The van der Waals surface area contributed by atoms with Gasteiger partial charge in [0.1, 0.15) is 5.82 Å². The Morgan fingerprint density at radius 1 is 1.06 bits per heavy atom. The first-order valence-electron chi connectivity index (χ1n) is 5.16. The third kappa shape index (κ3) is 3.08. The molecule has 3 heteroatoms. The second-order valence-electron chi connectivity index (χ2n) is 3.51. The Morgan fingerprint density at radius 3 is 2.47 bits per heavy atom. The minimum absolute atomic E-state index is 0.230. The van der Waals surface area contributed by atoms with Gasteiger partial charge in [-0.3, -0.25) is 0 Å². The summed E-state index contributed by atoms with van der Waals surface area (Å²) in [5, 5.41) is 8.94. The zero-order chi connectivity index (χ0) is 12.1. The molecule has 1 nitrogen and oxygen atoms in total. The zero-order valence-electron chi connectivity index (χ0n) is 9.06. The summed E-state index contributed by atoms with van der Waals surface area (Å²) in [5.74, 6) is 0.488. The zero-order valence-corrected chi connectivity index (χ0v) is 9.88. The van der Waals surface area contributed by atoms with Crippen molar-refractivity contribution >= 4 is 11.8 Å². The number of hydrogen-bond acceptors (Lipinski definition) is 2. The van der Waals surface area contributed by atoms with Crippen molar-refractivity contribution in [3.8, 4) is 6.07 Å². The molecule has 0 heterocycles. The summed E-state index contributed by atoms with van der Waals surface area (Å²) in [6.07, 6.45) is 0.